The molecule has 0 atom stereocenters. The summed E-state index contributed by atoms with van der Waals surface area (Å²) in [6, 6.07) is 6.74. The van der Waals surface area contributed by atoms with Crippen LogP contribution >= 0.6 is 35.6 Å². The van der Waals surface area contributed by atoms with Crippen LogP contribution in [0.15, 0.2) is 36.7 Å². The van der Waals surface area contributed by atoms with Gasteiger partial charge in [-0.05, 0) is 23.8 Å². The van der Waals surface area contributed by atoms with Crippen LogP contribution in [0.4, 0.5) is 0 Å². The van der Waals surface area contributed by atoms with Gasteiger partial charge >= 0.3 is 5.97 Å². The lowest BCUT2D eigenvalue weighted by Crippen LogP contribution is -2.03. The molecule has 0 aliphatic carbocycles. The van der Waals surface area contributed by atoms with Crippen molar-refractivity contribution < 1.29 is 9.53 Å². The zero-order valence-electron chi connectivity index (χ0n) is 9.89. The molecule has 0 spiro atoms. The van der Waals surface area contributed by atoms with E-state index in [1.54, 1.807) is 30.5 Å². The van der Waals surface area contributed by atoms with Gasteiger partial charge in [-0.25, -0.2) is 4.79 Å². The van der Waals surface area contributed by atoms with Gasteiger partial charge in [-0.3, -0.25) is 4.98 Å². The first-order valence-corrected chi connectivity index (χ1v) is 5.87. The molecule has 0 unspecified atom stereocenters. The molecule has 0 saturated carbocycles. The number of hydrogen-bond acceptors (Lipinski definition) is 3. The Morgan fingerprint density at radius 2 is 1.95 bits per heavy atom. The number of carbonyl (C=O) groups excluding carboxylic acids is 1. The largest absolute Gasteiger partial charge is 0.465 e. The van der Waals surface area contributed by atoms with Gasteiger partial charge in [0.1, 0.15) is 0 Å². The second kappa shape index (κ2) is 6.75. The third-order valence-corrected chi connectivity index (χ3v) is 3.20. The number of aromatic nitrogens is 1. The molecule has 0 radical (unpaired) electrons. The third-order valence-electron chi connectivity index (χ3n) is 2.46. The van der Waals surface area contributed by atoms with E-state index in [2.05, 4.69) is 4.98 Å². The summed E-state index contributed by atoms with van der Waals surface area (Å²) in [5.74, 6) is -0.418. The van der Waals surface area contributed by atoms with Crippen LogP contribution in [0.1, 0.15) is 10.4 Å². The third kappa shape index (κ3) is 3.38. The van der Waals surface area contributed by atoms with E-state index in [4.69, 9.17) is 27.9 Å². The number of rotatable bonds is 2. The maximum Gasteiger partial charge on any atom is 0.338 e. The van der Waals surface area contributed by atoms with Crippen molar-refractivity contribution in [1.82, 2.24) is 4.98 Å². The Bertz CT molecular complexity index is 602. The second-order valence-electron chi connectivity index (χ2n) is 3.54. The maximum absolute atomic E-state index is 11.7. The lowest BCUT2D eigenvalue weighted by Gasteiger charge is -2.08. The number of carbonyl (C=O) groups is 1. The summed E-state index contributed by atoms with van der Waals surface area (Å²) in [5, 5.41) is 0.887. The van der Waals surface area contributed by atoms with E-state index in [1.165, 1.54) is 13.3 Å². The van der Waals surface area contributed by atoms with Crippen LogP contribution in [0.5, 0.6) is 0 Å². The first kappa shape index (κ1) is 15.8. The minimum atomic E-state index is -0.418. The van der Waals surface area contributed by atoms with Crippen LogP contribution in [-0.4, -0.2) is 18.1 Å². The Balaban J connectivity index is 0.00000180. The van der Waals surface area contributed by atoms with Crippen molar-refractivity contribution in [2.24, 2.45) is 0 Å². The zero-order chi connectivity index (χ0) is 13.1. The molecular formula is C13H10Cl3NO2. The Labute approximate surface area is 126 Å². The summed E-state index contributed by atoms with van der Waals surface area (Å²) >= 11 is 11.8. The highest BCUT2D eigenvalue weighted by Gasteiger charge is 2.13. The van der Waals surface area contributed by atoms with E-state index in [-0.39, 0.29) is 12.4 Å². The standard InChI is InChI=1S/C13H9Cl2NO2.ClH/c1-18-13(17)9-4-5-16-7-10(9)8-2-3-11(14)12(15)6-8;/h2-7H,1H3;1H. The number of ether oxygens (including phenoxy) is 1. The molecule has 0 aliphatic rings. The fourth-order valence-electron chi connectivity index (χ4n) is 1.58. The smallest absolute Gasteiger partial charge is 0.338 e. The highest BCUT2D eigenvalue weighted by atomic mass is 35.5. The number of halogens is 3. The topological polar surface area (TPSA) is 39.2 Å². The summed E-state index contributed by atoms with van der Waals surface area (Å²) in [4.78, 5) is 15.7. The molecule has 0 aliphatic heterocycles. The first-order chi connectivity index (χ1) is 8.63. The fourth-order valence-corrected chi connectivity index (χ4v) is 1.87. The predicted octanol–water partition coefficient (Wildman–Crippen LogP) is 4.26. The summed E-state index contributed by atoms with van der Waals surface area (Å²) in [5.41, 5.74) is 1.85. The van der Waals surface area contributed by atoms with Crippen molar-refractivity contribution in [1.29, 1.82) is 0 Å². The summed E-state index contributed by atoms with van der Waals surface area (Å²) in [7, 11) is 1.33. The summed E-state index contributed by atoms with van der Waals surface area (Å²) in [6.07, 6.45) is 3.12. The lowest BCUT2D eigenvalue weighted by molar-refractivity contribution is 0.0601. The molecule has 1 aromatic heterocycles. The van der Waals surface area contributed by atoms with Crippen LogP contribution < -0.4 is 0 Å². The molecule has 2 rings (SSSR count). The quantitative estimate of drug-likeness (QED) is 0.776. The minimum Gasteiger partial charge on any atom is -0.465 e. The Morgan fingerprint density at radius 1 is 1.21 bits per heavy atom. The van der Waals surface area contributed by atoms with Crippen molar-refractivity contribution in [2.75, 3.05) is 7.11 Å². The number of pyridine rings is 1. The van der Waals surface area contributed by atoms with Gasteiger partial charge in [0, 0.05) is 18.0 Å². The number of benzene rings is 1. The molecule has 6 heteroatoms. The molecule has 3 nitrogen and oxygen atoms in total. The molecule has 0 fully saturated rings. The van der Waals surface area contributed by atoms with Gasteiger partial charge in [-0.2, -0.15) is 0 Å². The Hall–Kier alpha value is -1.29. The zero-order valence-corrected chi connectivity index (χ0v) is 12.2. The first-order valence-electron chi connectivity index (χ1n) is 5.11. The van der Waals surface area contributed by atoms with Crippen molar-refractivity contribution >= 4 is 41.6 Å². The van der Waals surface area contributed by atoms with Crippen molar-refractivity contribution in [3.8, 4) is 11.1 Å². The normalized spacial score (nSPS) is 9.63. The van der Waals surface area contributed by atoms with Crippen LogP contribution in [0.3, 0.4) is 0 Å². The van der Waals surface area contributed by atoms with Crippen LogP contribution in [0.25, 0.3) is 11.1 Å². The molecule has 19 heavy (non-hydrogen) atoms. The fraction of sp³-hybridized carbons (Fsp3) is 0.0769. The van der Waals surface area contributed by atoms with Gasteiger partial charge in [-0.15, -0.1) is 12.4 Å². The highest BCUT2D eigenvalue weighted by Crippen LogP contribution is 2.30. The molecular weight excluding hydrogens is 309 g/mol. The second-order valence-corrected chi connectivity index (χ2v) is 4.36. The van der Waals surface area contributed by atoms with Gasteiger partial charge in [0.2, 0.25) is 0 Å². The van der Waals surface area contributed by atoms with Crippen molar-refractivity contribution in [2.45, 2.75) is 0 Å². The average Bonchev–Trinajstić information content (AvgIpc) is 2.41. The maximum atomic E-state index is 11.7. The van der Waals surface area contributed by atoms with Gasteiger partial charge in [0.15, 0.2) is 0 Å². The monoisotopic (exact) mass is 317 g/mol. The molecule has 2 aromatic rings. The number of methoxy groups -OCH3 is 1. The summed E-state index contributed by atoms with van der Waals surface area (Å²) in [6.45, 7) is 0. The van der Waals surface area contributed by atoms with E-state index in [1.807, 2.05) is 0 Å². The van der Waals surface area contributed by atoms with E-state index in [9.17, 15) is 4.79 Å². The predicted molar refractivity (Wildman–Crippen MR) is 78.3 cm³/mol. The molecule has 0 amide bonds. The lowest BCUT2D eigenvalue weighted by atomic mass is 10.0. The van der Waals surface area contributed by atoms with E-state index in [0.29, 0.717) is 21.2 Å². The van der Waals surface area contributed by atoms with E-state index < -0.39 is 5.97 Å². The van der Waals surface area contributed by atoms with Crippen LogP contribution in [-0.2, 0) is 4.74 Å². The van der Waals surface area contributed by atoms with Gasteiger partial charge in [0.25, 0.3) is 0 Å². The number of esters is 1. The SMILES string of the molecule is COC(=O)c1ccncc1-c1ccc(Cl)c(Cl)c1.Cl. The Morgan fingerprint density at radius 3 is 2.58 bits per heavy atom. The highest BCUT2D eigenvalue weighted by molar-refractivity contribution is 6.42. The van der Waals surface area contributed by atoms with E-state index in [0.717, 1.165) is 5.56 Å². The van der Waals surface area contributed by atoms with E-state index >= 15 is 0 Å². The van der Waals surface area contributed by atoms with Gasteiger partial charge in [-0.1, -0.05) is 29.3 Å². The molecule has 1 aromatic carbocycles. The van der Waals surface area contributed by atoms with Gasteiger partial charge in [0.05, 0.1) is 22.7 Å². The molecule has 0 saturated heterocycles. The molecule has 0 bridgehead atoms. The minimum absolute atomic E-state index is 0. The van der Waals surface area contributed by atoms with Crippen LogP contribution in [0.2, 0.25) is 10.0 Å². The molecule has 0 N–H and O–H groups in total. The summed E-state index contributed by atoms with van der Waals surface area (Å²) < 4.78 is 4.73. The molecule has 100 valence electrons. The number of hydrogen-bond donors (Lipinski definition) is 0. The van der Waals surface area contributed by atoms with Crippen LogP contribution in [0, 0.1) is 0 Å². The average molecular weight is 319 g/mol. The van der Waals surface area contributed by atoms with Gasteiger partial charge < -0.3 is 4.74 Å². The number of nitrogens with zero attached hydrogens (tertiary/aromatic N) is 1. The van der Waals surface area contributed by atoms with Crippen molar-refractivity contribution in [3.63, 3.8) is 0 Å². The molecule has 1 heterocycles. The Kier molecular flexibility index (Phi) is 5.60. The van der Waals surface area contributed by atoms with Crippen molar-refractivity contribution in [3.05, 3.63) is 52.3 Å².